The van der Waals surface area contributed by atoms with E-state index in [0.717, 1.165) is 0 Å². The van der Waals surface area contributed by atoms with E-state index in [1.54, 1.807) is 12.3 Å². The molecule has 0 unspecified atom stereocenters. The van der Waals surface area contributed by atoms with Crippen LogP contribution in [0.2, 0.25) is 0 Å². The molecular weight excluding hydrogens is 76.1 g/mol. The largest absolute Gasteiger partial charge is 1.00 e. The second-order valence-corrected chi connectivity index (χ2v) is 0.842. The molecule has 1 aromatic rings. The van der Waals surface area contributed by atoms with Crippen molar-refractivity contribution in [3.8, 4) is 0 Å². The van der Waals surface area contributed by atoms with E-state index in [1.807, 2.05) is 0 Å². The van der Waals surface area contributed by atoms with Crippen LogP contribution in [0.4, 0.5) is 0 Å². The fourth-order valence-corrected chi connectivity index (χ4v) is 0.225. The minimum atomic E-state index is 0. The van der Waals surface area contributed by atoms with Crippen molar-refractivity contribution < 1.29 is 1.43 Å². The second-order valence-electron chi connectivity index (χ2n) is 0.842. The maximum Gasteiger partial charge on any atom is 1.00 e. The zero-order valence-electron chi connectivity index (χ0n) is 4.13. The van der Waals surface area contributed by atoms with E-state index in [0.29, 0.717) is 0 Å². The van der Waals surface area contributed by atoms with Crippen LogP contribution < -0.4 is 0 Å². The average Bonchev–Trinajstić information content (AvgIpc) is 1.72. The Bertz CT molecular complexity index is 81.6. The zero-order chi connectivity index (χ0) is 4.24. The van der Waals surface area contributed by atoms with Crippen LogP contribution in [-0.4, -0.2) is 10.2 Å². The highest BCUT2D eigenvalue weighted by Gasteiger charge is 1.60. The van der Waals surface area contributed by atoms with Crippen LogP contribution in [0.3, 0.4) is 0 Å². The Kier molecular flexibility index (Phi) is 0.819. The minimum absolute atomic E-state index is 0. The first-order valence-electron chi connectivity index (χ1n) is 1.63. The fraction of sp³-hybridized carbons (Fsp3) is 0. The summed E-state index contributed by atoms with van der Waals surface area (Å²) < 4.78 is 0. The van der Waals surface area contributed by atoms with Crippen LogP contribution in [0.1, 0.15) is 1.43 Å². The molecule has 1 heterocycles. The summed E-state index contributed by atoms with van der Waals surface area (Å²) in [5.41, 5.74) is 0. The standard InChI is InChI=1S/C4H3N2/c1-2-4-6-5-3-1/h1,3-4H/p+1. The number of rotatable bonds is 0. The maximum atomic E-state index is 3.50. The normalized spacial score (nSPS) is 8.00. The van der Waals surface area contributed by atoms with Crippen LogP contribution in [0.25, 0.3) is 0 Å². The molecule has 2 heteroatoms. The number of aromatic nitrogens is 2. The summed E-state index contributed by atoms with van der Waals surface area (Å²) in [6.07, 6.45) is 3.10. The van der Waals surface area contributed by atoms with Crippen LogP contribution >= 0.6 is 0 Å². The predicted octanol–water partition coefficient (Wildman–Crippen LogP) is 0.389. The lowest BCUT2D eigenvalue weighted by molar-refractivity contribution is 1.03. The van der Waals surface area contributed by atoms with Crippen LogP contribution in [0, 0.1) is 6.07 Å². The van der Waals surface area contributed by atoms with E-state index < -0.39 is 0 Å². The van der Waals surface area contributed by atoms with Crippen LogP contribution in [0.5, 0.6) is 0 Å². The smallest absolute Gasteiger partial charge is 0.159 e. The molecule has 0 aliphatic heterocycles. The van der Waals surface area contributed by atoms with Gasteiger partial charge in [-0.3, -0.25) is 0 Å². The Morgan fingerprint density at radius 2 is 2.50 bits per heavy atom. The molecule has 0 aliphatic carbocycles. The number of nitrogens with zero attached hydrogens (tertiary/aromatic N) is 2. The lowest BCUT2D eigenvalue weighted by Crippen LogP contribution is -1.70. The van der Waals surface area contributed by atoms with E-state index in [2.05, 4.69) is 16.3 Å². The molecule has 0 aliphatic rings. The quantitative estimate of drug-likeness (QED) is 0.450. The fourth-order valence-electron chi connectivity index (χ4n) is 0.225. The molecule has 29 valence electrons. The summed E-state index contributed by atoms with van der Waals surface area (Å²) in [5.74, 6) is 0. The Hall–Kier alpha value is -0.920. The molecule has 1 rings (SSSR count). The third-order valence-corrected chi connectivity index (χ3v) is 0.436. The van der Waals surface area contributed by atoms with Gasteiger partial charge in [0.05, 0.1) is 12.4 Å². The molecule has 0 bridgehead atoms. The van der Waals surface area contributed by atoms with E-state index in [9.17, 15) is 0 Å². The van der Waals surface area contributed by atoms with Crippen molar-refractivity contribution in [3.05, 3.63) is 24.5 Å². The predicted molar refractivity (Wildman–Crippen MR) is 22.0 cm³/mol. The van der Waals surface area contributed by atoms with Gasteiger partial charge < -0.3 is 0 Å². The van der Waals surface area contributed by atoms with E-state index in [4.69, 9.17) is 0 Å². The molecule has 0 fully saturated rings. The van der Waals surface area contributed by atoms with Gasteiger partial charge in [-0.25, -0.2) is 0 Å². The highest BCUT2D eigenvalue weighted by atomic mass is 15.1. The van der Waals surface area contributed by atoms with Gasteiger partial charge in [0.25, 0.3) is 0 Å². The van der Waals surface area contributed by atoms with Gasteiger partial charge in [-0.15, -0.1) is 0 Å². The first-order chi connectivity index (χ1) is 3.00. The molecule has 6 heavy (non-hydrogen) atoms. The second kappa shape index (κ2) is 1.50. The summed E-state index contributed by atoms with van der Waals surface area (Å²) in [6, 6.07) is 4.42. The van der Waals surface area contributed by atoms with Gasteiger partial charge in [0.15, 0.2) is 0 Å². The molecule has 1 radical (unpaired) electrons. The van der Waals surface area contributed by atoms with Gasteiger partial charge in [-0.1, -0.05) is 0 Å². The van der Waals surface area contributed by atoms with Crippen molar-refractivity contribution in [2.24, 2.45) is 0 Å². The minimum Gasteiger partial charge on any atom is -0.159 e. The monoisotopic (exact) mass is 80.0 g/mol. The van der Waals surface area contributed by atoms with Crippen LogP contribution in [-0.2, 0) is 0 Å². The molecule has 2 nitrogen and oxygen atoms in total. The van der Waals surface area contributed by atoms with Gasteiger partial charge in [0.1, 0.15) is 0 Å². The molecule has 0 saturated carbocycles. The van der Waals surface area contributed by atoms with Gasteiger partial charge in [-0.05, 0) is 6.07 Å². The summed E-state index contributed by atoms with van der Waals surface area (Å²) in [6.45, 7) is 0. The number of hydrogen-bond acceptors (Lipinski definition) is 2. The molecule has 0 amide bonds. The van der Waals surface area contributed by atoms with Crippen molar-refractivity contribution in [1.82, 2.24) is 10.2 Å². The Morgan fingerprint density at radius 3 is 2.67 bits per heavy atom. The van der Waals surface area contributed by atoms with E-state index in [1.165, 1.54) is 6.20 Å². The molecule has 0 atom stereocenters. The Morgan fingerprint density at radius 1 is 1.50 bits per heavy atom. The highest BCUT2D eigenvalue weighted by molar-refractivity contribution is 4.76. The molecule has 1 aromatic heterocycles. The van der Waals surface area contributed by atoms with E-state index in [-0.39, 0.29) is 1.43 Å². The molecule has 0 spiro atoms. The van der Waals surface area contributed by atoms with Crippen molar-refractivity contribution in [2.45, 2.75) is 0 Å². The molecule has 0 saturated heterocycles. The van der Waals surface area contributed by atoms with Crippen molar-refractivity contribution in [2.75, 3.05) is 0 Å². The van der Waals surface area contributed by atoms with Gasteiger partial charge in [0.2, 0.25) is 0 Å². The zero-order valence-corrected chi connectivity index (χ0v) is 3.13. The first-order valence-corrected chi connectivity index (χ1v) is 1.63. The average molecular weight is 80.1 g/mol. The van der Waals surface area contributed by atoms with Gasteiger partial charge in [0, 0.05) is 6.07 Å². The van der Waals surface area contributed by atoms with Crippen molar-refractivity contribution >= 4 is 0 Å². The summed E-state index contributed by atoms with van der Waals surface area (Å²) in [5, 5.41) is 6.98. The summed E-state index contributed by atoms with van der Waals surface area (Å²) in [7, 11) is 0. The van der Waals surface area contributed by atoms with Crippen molar-refractivity contribution in [3.63, 3.8) is 0 Å². The maximum absolute atomic E-state index is 3.50. The summed E-state index contributed by atoms with van der Waals surface area (Å²) in [4.78, 5) is 0. The summed E-state index contributed by atoms with van der Waals surface area (Å²) >= 11 is 0. The molecule has 0 aromatic carbocycles. The topological polar surface area (TPSA) is 25.8 Å². The van der Waals surface area contributed by atoms with Crippen LogP contribution in [0.15, 0.2) is 18.5 Å². The van der Waals surface area contributed by atoms with Gasteiger partial charge in [-0.2, -0.15) is 10.2 Å². The Labute approximate surface area is 37.3 Å². The SMILES string of the molecule is [H+].[c]1ccnnc1. The third kappa shape index (κ3) is 0.516. The van der Waals surface area contributed by atoms with Crippen molar-refractivity contribution in [1.29, 1.82) is 0 Å². The first kappa shape index (κ1) is 3.28. The third-order valence-electron chi connectivity index (χ3n) is 0.436. The lowest BCUT2D eigenvalue weighted by Gasteiger charge is -1.68. The molecule has 0 N–H and O–H groups in total. The Balaban J connectivity index is 0.000000360. The van der Waals surface area contributed by atoms with Gasteiger partial charge >= 0.3 is 1.43 Å². The highest BCUT2D eigenvalue weighted by Crippen LogP contribution is 1.66. The molecular formula is C4H4N2+. The van der Waals surface area contributed by atoms with E-state index >= 15 is 0 Å². The lowest BCUT2D eigenvalue weighted by atomic mass is 10.6. The number of hydrogen-bond donors (Lipinski definition) is 0.